The molecule has 0 bridgehead atoms. The molecule has 1 aromatic rings. The number of hydrogen-bond donors (Lipinski definition) is 0. The third-order valence-corrected chi connectivity index (χ3v) is 2.56. The van der Waals surface area contributed by atoms with Crippen molar-refractivity contribution in [2.45, 2.75) is 32.1 Å². The predicted molar refractivity (Wildman–Crippen MR) is 66.8 cm³/mol. The Hall–Kier alpha value is -0.760. The van der Waals surface area contributed by atoms with E-state index in [1.807, 2.05) is 25.1 Å². The first-order chi connectivity index (χ1) is 6.84. The smallest absolute Gasteiger partial charge is 0.128 e. The molecule has 0 N–H and O–H groups in total. The number of rotatable bonds is 2. The van der Waals surface area contributed by atoms with Gasteiger partial charge in [0.15, 0.2) is 0 Å². The molecule has 2 nitrogen and oxygen atoms in total. The zero-order valence-corrected chi connectivity index (χ0v) is 10.9. The van der Waals surface area contributed by atoms with E-state index in [-0.39, 0.29) is 5.41 Å². The Morgan fingerprint density at radius 2 is 1.87 bits per heavy atom. The molecule has 1 heterocycles. The van der Waals surface area contributed by atoms with Gasteiger partial charge in [-0.05, 0) is 17.7 Å². The summed E-state index contributed by atoms with van der Waals surface area (Å²) in [6.07, 6.45) is 0. The molecule has 1 rings (SSSR count). The minimum absolute atomic E-state index is 0.0623. The maximum atomic E-state index is 5.88. The second kappa shape index (κ2) is 4.40. The Kier molecular flexibility index (Phi) is 3.61. The van der Waals surface area contributed by atoms with E-state index in [1.165, 1.54) is 0 Å². The lowest BCUT2D eigenvalue weighted by atomic mass is 9.91. The summed E-state index contributed by atoms with van der Waals surface area (Å²) in [6.45, 7) is 6.48. The van der Waals surface area contributed by atoms with Crippen LogP contribution in [0.15, 0.2) is 12.1 Å². The van der Waals surface area contributed by atoms with Crippen LogP contribution >= 0.6 is 11.6 Å². The lowest BCUT2D eigenvalue weighted by Crippen LogP contribution is -2.18. The predicted octanol–water partition coefficient (Wildman–Crippen LogP) is 3.18. The zero-order valence-electron chi connectivity index (χ0n) is 10.1. The second-order valence-corrected chi connectivity index (χ2v) is 5.26. The fourth-order valence-electron chi connectivity index (χ4n) is 1.26. The number of alkyl halides is 1. The highest BCUT2D eigenvalue weighted by molar-refractivity contribution is 6.17. The molecule has 0 aliphatic heterocycles. The van der Waals surface area contributed by atoms with E-state index in [4.69, 9.17) is 11.6 Å². The first-order valence-electron chi connectivity index (χ1n) is 5.09. The molecule has 0 aliphatic rings. The third kappa shape index (κ3) is 3.10. The third-order valence-electron chi connectivity index (χ3n) is 2.25. The van der Waals surface area contributed by atoms with Crippen LogP contribution in [0.1, 0.15) is 32.0 Å². The summed E-state index contributed by atoms with van der Waals surface area (Å²) in [6, 6.07) is 4.11. The van der Waals surface area contributed by atoms with Gasteiger partial charge in [0.25, 0.3) is 0 Å². The number of pyridine rings is 1. The molecule has 1 aromatic heterocycles. The summed E-state index contributed by atoms with van der Waals surface area (Å²) < 4.78 is 0. The van der Waals surface area contributed by atoms with Gasteiger partial charge < -0.3 is 4.90 Å². The topological polar surface area (TPSA) is 16.1 Å². The lowest BCUT2D eigenvalue weighted by molar-refractivity contribution is 0.568. The molecule has 0 spiro atoms. The maximum Gasteiger partial charge on any atom is 0.128 e. The quantitative estimate of drug-likeness (QED) is 0.721. The molecule has 84 valence electrons. The standard InChI is InChI=1S/C12H19ClN2/c1-12(2,3)10-6-9(8-13)7-11(14-10)15(4)5/h6-7H,8H2,1-5H3. The molecular weight excluding hydrogens is 208 g/mol. The monoisotopic (exact) mass is 226 g/mol. The van der Waals surface area contributed by atoms with Gasteiger partial charge in [-0.15, -0.1) is 11.6 Å². The van der Waals surface area contributed by atoms with Gasteiger partial charge in [0.1, 0.15) is 5.82 Å². The molecule has 0 radical (unpaired) electrons. The Balaban J connectivity index is 3.23. The minimum Gasteiger partial charge on any atom is -0.363 e. The first kappa shape index (κ1) is 12.3. The van der Waals surface area contributed by atoms with Crippen molar-refractivity contribution in [3.63, 3.8) is 0 Å². The first-order valence-corrected chi connectivity index (χ1v) is 5.63. The molecule has 0 amide bonds. The van der Waals surface area contributed by atoms with E-state index in [0.29, 0.717) is 5.88 Å². The summed E-state index contributed by atoms with van der Waals surface area (Å²) >= 11 is 5.88. The van der Waals surface area contributed by atoms with E-state index < -0.39 is 0 Å². The van der Waals surface area contributed by atoms with Crippen LogP contribution < -0.4 is 4.90 Å². The second-order valence-electron chi connectivity index (χ2n) is 5.00. The van der Waals surface area contributed by atoms with Crippen LogP contribution in [-0.4, -0.2) is 19.1 Å². The lowest BCUT2D eigenvalue weighted by Gasteiger charge is -2.21. The Labute approximate surface area is 97.3 Å². The fourth-order valence-corrected chi connectivity index (χ4v) is 1.42. The van der Waals surface area contributed by atoms with E-state index in [0.717, 1.165) is 17.1 Å². The SMILES string of the molecule is CN(C)c1cc(CCl)cc(C(C)(C)C)n1. The average molecular weight is 227 g/mol. The van der Waals surface area contributed by atoms with Crippen molar-refractivity contribution < 1.29 is 0 Å². The molecule has 0 atom stereocenters. The van der Waals surface area contributed by atoms with E-state index in [9.17, 15) is 0 Å². The van der Waals surface area contributed by atoms with Crippen LogP contribution in [0.5, 0.6) is 0 Å². The van der Waals surface area contributed by atoms with Gasteiger partial charge in [0.05, 0.1) is 0 Å². The molecule has 0 unspecified atom stereocenters. The average Bonchev–Trinajstić information content (AvgIpc) is 2.15. The van der Waals surface area contributed by atoms with Gasteiger partial charge in [-0.25, -0.2) is 4.98 Å². The van der Waals surface area contributed by atoms with Gasteiger partial charge >= 0.3 is 0 Å². The van der Waals surface area contributed by atoms with E-state index in [2.05, 4.69) is 31.8 Å². The van der Waals surface area contributed by atoms with Crippen molar-refractivity contribution in [1.82, 2.24) is 4.98 Å². The highest BCUT2D eigenvalue weighted by Crippen LogP contribution is 2.24. The molecule has 0 saturated carbocycles. The van der Waals surface area contributed by atoms with Crippen LogP contribution in [0.4, 0.5) is 5.82 Å². The molecule has 0 aromatic carbocycles. The van der Waals surface area contributed by atoms with Gasteiger partial charge in [0, 0.05) is 31.1 Å². The zero-order chi connectivity index (χ0) is 11.6. The van der Waals surface area contributed by atoms with Crippen molar-refractivity contribution >= 4 is 17.4 Å². The van der Waals surface area contributed by atoms with Gasteiger partial charge in [-0.2, -0.15) is 0 Å². The minimum atomic E-state index is 0.0623. The molecule has 15 heavy (non-hydrogen) atoms. The largest absolute Gasteiger partial charge is 0.363 e. The number of aromatic nitrogens is 1. The van der Waals surface area contributed by atoms with Crippen molar-refractivity contribution in [3.8, 4) is 0 Å². The van der Waals surface area contributed by atoms with Crippen molar-refractivity contribution in [2.24, 2.45) is 0 Å². The van der Waals surface area contributed by atoms with Crippen LogP contribution in [0.25, 0.3) is 0 Å². The van der Waals surface area contributed by atoms with Crippen LogP contribution in [-0.2, 0) is 11.3 Å². The molecule has 3 heteroatoms. The molecular formula is C12H19ClN2. The maximum absolute atomic E-state index is 5.88. The van der Waals surface area contributed by atoms with Crippen molar-refractivity contribution in [2.75, 3.05) is 19.0 Å². The Bertz CT molecular complexity index is 340. The molecule has 0 fully saturated rings. The summed E-state index contributed by atoms with van der Waals surface area (Å²) in [5.41, 5.74) is 2.27. The van der Waals surface area contributed by atoms with Gasteiger partial charge in [0.2, 0.25) is 0 Å². The summed E-state index contributed by atoms with van der Waals surface area (Å²) in [4.78, 5) is 6.62. The molecule has 0 aliphatic carbocycles. The highest BCUT2D eigenvalue weighted by atomic mass is 35.5. The Morgan fingerprint density at radius 3 is 2.27 bits per heavy atom. The summed E-state index contributed by atoms with van der Waals surface area (Å²) in [5.74, 6) is 1.50. The van der Waals surface area contributed by atoms with Crippen LogP contribution in [0, 0.1) is 0 Å². The fraction of sp³-hybridized carbons (Fsp3) is 0.583. The summed E-state index contributed by atoms with van der Waals surface area (Å²) in [7, 11) is 3.99. The Morgan fingerprint density at radius 1 is 1.27 bits per heavy atom. The van der Waals surface area contributed by atoms with Gasteiger partial charge in [-0.1, -0.05) is 20.8 Å². The van der Waals surface area contributed by atoms with Crippen LogP contribution in [0.2, 0.25) is 0 Å². The van der Waals surface area contributed by atoms with Crippen molar-refractivity contribution in [3.05, 3.63) is 23.4 Å². The summed E-state index contributed by atoms with van der Waals surface area (Å²) in [5, 5.41) is 0. The van der Waals surface area contributed by atoms with Crippen LogP contribution in [0.3, 0.4) is 0 Å². The number of halogens is 1. The van der Waals surface area contributed by atoms with E-state index in [1.54, 1.807) is 0 Å². The van der Waals surface area contributed by atoms with Crippen molar-refractivity contribution in [1.29, 1.82) is 0 Å². The number of nitrogens with zero attached hydrogens (tertiary/aromatic N) is 2. The number of anilines is 1. The highest BCUT2D eigenvalue weighted by Gasteiger charge is 2.17. The number of hydrogen-bond acceptors (Lipinski definition) is 2. The normalized spacial score (nSPS) is 11.6. The van der Waals surface area contributed by atoms with E-state index >= 15 is 0 Å². The van der Waals surface area contributed by atoms with Gasteiger partial charge in [-0.3, -0.25) is 0 Å². The molecule has 0 saturated heterocycles.